The van der Waals surface area contributed by atoms with Gasteiger partial charge in [0.15, 0.2) is 10.6 Å². The van der Waals surface area contributed by atoms with Gasteiger partial charge in [-0.3, -0.25) is 4.57 Å². The van der Waals surface area contributed by atoms with Gasteiger partial charge in [0.05, 0.1) is 11.4 Å². The van der Waals surface area contributed by atoms with Crippen LogP contribution in [0.4, 0.5) is 13.2 Å². The van der Waals surface area contributed by atoms with Gasteiger partial charge >= 0.3 is 6.36 Å². The highest BCUT2D eigenvalue weighted by Gasteiger charge is 2.31. The molecule has 5 aromatic rings. The first kappa shape index (κ1) is 32.3. The molecule has 234 valence electrons. The van der Waals surface area contributed by atoms with Gasteiger partial charge in [0, 0.05) is 23.1 Å². The maximum absolute atomic E-state index is 12.4. The third-order valence-corrected chi connectivity index (χ3v) is 8.53. The van der Waals surface area contributed by atoms with Crippen molar-refractivity contribution in [3.05, 3.63) is 106 Å². The van der Waals surface area contributed by atoms with E-state index in [9.17, 15) is 13.2 Å². The minimum atomic E-state index is -4.73. The molecule has 0 unspecified atom stereocenters. The smallest absolute Gasteiger partial charge is 0.406 e. The molecular weight excluding hydrogens is 616 g/mol. The number of benzene rings is 3. The van der Waals surface area contributed by atoms with E-state index in [0.717, 1.165) is 41.7 Å². The standard InChI is InChI=1S/C34H34F3N5OS2/c1-22(2)29-18-9-23(3)19-30(29)42-24(4)20-45-33(42)39-31(44)8-6-5-7-25-10-12-26(13-11-25)32-38-21-41(40-32)27-14-16-28(17-15-27)43-34(35,36)37/h9-22H,5-8H2,1-4H3. The molecule has 45 heavy (non-hydrogen) atoms. The quantitative estimate of drug-likeness (QED) is 0.112. The summed E-state index contributed by atoms with van der Waals surface area (Å²) in [5, 5.41) is 6.61. The van der Waals surface area contributed by atoms with E-state index < -0.39 is 6.36 Å². The first-order chi connectivity index (χ1) is 21.5. The van der Waals surface area contributed by atoms with Gasteiger partial charge in [-0.05, 0) is 86.1 Å². The van der Waals surface area contributed by atoms with E-state index in [-0.39, 0.29) is 5.75 Å². The van der Waals surface area contributed by atoms with Crippen LogP contribution >= 0.6 is 23.6 Å². The van der Waals surface area contributed by atoms with Crippen LogP contribution in [0.2, 0.25) is 0 Å². The lowest BCUT2D eigenvalue weighted by molar-refractivity contribution is -0.274. The lowest BCUT2D eigenvalue weighted by Crippen LogP contribution is -2.18. The summed E-state index contributed by atoms with van der Waals surface area (Å²) in [5.74, 6) is 0.629. The molecule has 0 aliphatic heterocycles. The van der Waals surface area contributed by atoms with E-state index in [2.05, 4.69) is 82.8 Å². The van der Waals surface area contributed by atoms with Gasteiger partial charge in [-0.1, -0.05) is 62.5 Å². The summed E-state index contributed by atoms with van der Waals surface area (Å²) in [6, 6.07) is 20.1. The molecule has 2 heterocycles. The second-order valence-corrected chi connectivity index (χ2v) is 12.5. The fourth-order valence-corrected chi connectivity index (χ4v) is 6.19. The molecule has 0 fully saturated rings. The summed E-state index contributed by atoms with van der Waals surface area (Å²) in [7, 11) is 0. The Bertz CT molecular complexity index is 1840. The van der Waals surface area contributed by atoms with Crippen LogP contribution in [0.3, 0.4) is 0 Å². The fraction of sp³-hybridized carbons (Fsp3) is 0.294. The van der Waals surface area contributed by atoms with Crippen molar-refractivity contribution in [2.75, 3.05) is 0 Å². The summed E-state index contributed by atoms with van der Waals surface area (Å²) in [5.41, 5.74) is 7.45. The van der Waals surface area contributed by atoms with E-state index >= 15 is 0 Å². The van der Waals surface area contributed by atoms with Gasteiger partial charge in [0.1, 0.15) is 17.1 Å². The van der Waals surface area contributed by atoms with Crippen molar-refractivity contribution >= 4 is 28.5 Å². The van der Waals surface area contributed by atoms with E-state index in [0.29, 0.717) is 22.4 Å². The van der Waals surface area contributed by atoms with E-state index in [1.807, 2.05) is 12.1 Å². The molecular formula is C34H34F3N5OS2. The molecule has 11 heteroatoms. The lowest BCUT2D eigenvalue weighted by Gasteiger charge is -2.16. The van der Waals surface area contributed by atoms with Crippen molar-refractivity contribution < 1.29 is 17.9 Å². The number of nitrogens with zero attached hydrogens (tertiary/aromatic N) is 5. The zero-order valence-electron chi connectivity index (χ0n) is 25.5. The van der Waals surface area contributed by atoms with Crippen LogP contribution in [0.5, 0.6) is 5.75 Å². The van der Waals surface area contributed by atoms with Crippen LogP contribution in [0.15, 0.2) is 83.4 Å². The number of aromatic nitrogens is 4. The Morgan fingerprint density at radius 3 is 2.42 bits per heavy atom. The van der Waals surface area contributed by atoms with Gasteiger partial charge in [-0.15, -0.1) is 29.6 Å². The molecule has 0 saturated heterocycles. The monoisotopic (exact) mass is 649 g/mol. The number of alkyl halides is 3. The molecule has 0 N–H and O–H groups in total. The molecule has 0 aliphatic rings. The number of thiocarbonyl (C=S) groups is 1. The van der Waals surface area contributed by atoms with E-state index in [1.165, 1.54) is 57.7 Å². The van der Waals surface area contributed by atoms with Gasteiger partial charge < -0.3 is 4.74 Å². The van der Waals surface area contributed by atoms with Crippen LogP contribution in [0.1, 0.15) is 61.4 Å². The molecule has 0 aliphatic carbocycles. The molecule has 0 saturated carbocycles. The molecule has 3 aromatic carbocycles. The largest absolute Gasteiger partial charge is 0.573 e. The molecule has 0 amide bonds. The highest BCUT2D eigenvalue weighted by atomic mass is 32.1. The summed E-state index contributed by atoms with van der Waals surface area (Å²) in [6.07, 6.45) is 0.379. The number of ether oxygens (including phenoxy) is 1. The van der Waals surface area contributed by atoms with Crippen LogP contribution in [-0.4, -0.2) is 30.7 Å². The van der Waals surface area contributed by atoms with Crippen molar-refractivity contribution in [2.45, 2.75) is 65.7 Å². The molecule has 5 rings (SSSR count). The predicted molar refractivity (Wildman–Crippen MR) is 176 cm³/mol. The first-order valence-electron chi connectivity index (χ1n) is 14.7. The molecule has 0 radical (unpaired) electrons. The SMILES string of the molecule is Cc1ccc(C(C)C)c(-n2c(C)csc2=NC(=S)CCCCc2ccc(-c3ncn(-c4ccc(OC(F)(F)F)cc4)n3)cc2)c1. The lowest BCUT2D eigenvalue weighted by atomic mass is 9.99. The Labute approximate surface area is 269 Å². The first-order valence-corrected chi connectivity index (χ1v) is 16.0. The Kier molecular flexibility index (Phi) is 9.99. The number of rotatable bonds is 10. The fourth-order valence-electron chi connectivity index (χ4n) is 5.01. The van der Waals surface area contributed by atoms with Crippen molar-refractivity contribution in [1.82, 2.24) is 19.3 Å². The van der Waals surface area contributed by atoms with E-state index in [1.54, 1.807) is 11.3 Å². The van der Waals surface area contributed by atoms with Gasteiger partial charge in [-0.2, -0.15) is 0 Å². The van der Waals surface area contributed by atoms with Crippen LogP contribution in [-0.2, 0) is 6.42 Å². The maximum atomic E-state index is 12.4. The Morgan fingerprint density at radius 2 is 1.73 bits per heavy atom. The minimum absolute atomic E-state index is 0.289. The van der Waals surface area contributed by atoms with Crippen molar-refractivity contribution in [1.29, 1.82) is 0 Å². The van der Waals surface area contributed by atoms with Crippen LogP contribution in [0.25, 0.3) is 22.8 Å². The summed E-state index contributed by atoms with van der Waals surface area (Å²) >= 11 is 7.31. The summed E-state index contributed by atoms with van der Waals surface area (Å²) in [6.45, 7) is 8.64. The van der Waals surface area contributed by atoms with Gasteiger partial charge in [0.25, 0.3) is 0 Å². The Morgan fingerprint density at radius 1 is 1.00 bits per heavy atom. The normalized spacial score (nSPS) is 12.2. The van der Waals surface area contributed by atoms with Gasteiger partial charge in [0.2, 0.25) is 0 Å². The van der Waals surface area contributed by atoms with Crippen LogP contribution < -0.4 is 9.54 Å². The average molecular weight is 650 g/mol. The third-order valence-electron chi connectivity index (χ3n) is 7.29. The van der Waals surface area contributed by atoms with Crippen molar-refractivity contribution in [2.24, 2.45) is 4.99 Å². The van der Waals surface area contributed by atoms with Crippen LogP contribution in [0, 0.1) is 13.8 Å². The zero-order valence-corrected chi connectivity index (χ0v) is 27.1. The third kappa shape index (κ3) is 8.34. The number of halogens is 3. The molecule has 0 bridgehead atoms. The second-order valence-electron chi connectivity index (χ2n) is 11.2. The minimum Gasteiger partial charge on any atom is -0.406 e. The number of hydrogen-bond acceptors (Lipinski definition) is 5. The molecule has 0 spiro atoms. The number of hydrogen-bond donors (Lipinski definition) is 0. The Hall–Kier alpha value is -4.09. The molecule has 0 atom stereocenters. The Balaban J connectivity index is 1.16. The maximum Gasteiger partial charge on any atom is 0.573 e. The number of unbranched alkanes of at least 4 members (excludes halogenated alkanes) is 1. The highest BCUT2D eigenvalue weighted by Crippen LogP contribution is 2.26. The second kappa shape index (κ2) is 13.9. The van der Waals surface area contributed by atoms with Gasteiger partial charge in [-0.25, -0.2) is 14.7 Å². The zero-order chi connectivity index (χ0) is 32.1. The highest BCUT2D eigenvalue weighted by molar-refractivity contribution is 7.80. The predicted octanol–water partition coefficient (Wildman–Crippen LogP) is 9.07. The van der Waals surface area contributed by atoms with E-state index in [4.69, 9.17) is 17.2 Å². The average Bonchev–Trinajstić information content (AvgIpc) is 3.62. The summed E-state index contributed by atoms with van der Waals surface area (Å²) < 4.78 is 44.9. The number of aryl methyl sites for hydroxylation is 3. The summed E-state index contributed by atoms with van der Waals surface area (Å²) in [4.78, 5) is 10.8. The van der Waals surface area contributed by atoms with Crippen molar-refractivity contribution in [3.8, 4) is 28.5 Å². The van der Waals surface area contributed by atoms with Crippen molar-refractivity contribution in [3.63, 3.8) is 0 Å². The molecule has 6 nitrogen and oxygen atoms in total. The number of thiazole rings is 1. The molecule has 2 aromatic heterocycles. The topological polar surface area (TPSA) is 57.2 Å².